The predicted octanol–water partition coefficient (Wildman–Crippen LogP) is 3.61. The van der Waals surface area contributed by atoms with Gasteiger partial charge in [0.1, 0.15) is 11.4 Å². The smallest absolute Gasteiger partial charge is 0.416 e. The third-order valence-corrected chi connectivity index (χ3v) is 3.69. The minimum Gasteiger partial charge on any atom is -0.497 e. The molecule has 7 nitrogen and oxygen atoms in total. The summed E-state index contributed by atoms with van der Waals surface area (Å²) < 4.78 is 43.1. The van der Waals surface area contributed by atoms with E-state index >= 15 is 0 Å². The zero-order valence-corrected chi connectivity index (χ0v) is 14.8. The van der Waals surface area contributed by atoms with Crippen LogP contribution in [0.25, 0.3) is 0 Å². The second-order valence-corrected chi connectivity index (χ2v) is 5.68. The first kappa shape index (κ1) is 20.2. The number of nitro benzene ring substituents is 1. The quantitative estimate of drug-likeness (QED) is 0.388. The highest BCUT2D eigenvalue weighted by Gasteiger charge is 2.33. The number of nitro groups is 1. The van der Waals surface area contributed by atoms with Gasteiger partial charge in [0.2, 0.25) is 0 Å². The average molecular weight is 400 g/mol. The number of rotatable bonds is 6. The van der Waals surface area contributed by atoms with Crippen molar-refractivity contribution < 1.29 is 22.8 Å². The molecule has 0 saturated carbocycles. The molecule has 0 atom stereocenters. The third kappa shape index (κ3) is 5.71. The Hall–Kier alpha value is -3.08. The van der Waals surface area contributed by atoms with E-state index in [1.165, 1.54) is 0 Å². The lowest BCUT2D eigenvalue weighted by Crippen LogP contribution is -2.38. The van der Waals surface area contributed by atoms with Crippen LogP contribution < -0.4 is 20.9 Å². The summed E-state index contributed by atoms with van der Waals surface area (Å²) in [6.45, 7) is 0.368. The molecule has 0 spiro atoms. The van der Waals surface area contributed by atoms with Crippen LogP contribution in [0.4, 0.5) is 24.5 Å². The number of benzene rings is 2. The molecule has 144 valence electrons. The van der Waals surface area contributed by atoms with E-state index in [0.29, 0.717) is 18.4 Å². The fraction of sp³-hybridized carbons (Fsp3) is 0.188. The molecule has 0 aromatic heterocycles. The molecule has 0 heterocycles. The predicted molar refractivity (Wildman–Crippen MR) is 97.3 cm³/mol. The molecule has 0 amide bonds. The van der Waals surface area contributed by atoms with Gasteiger partial charge < -0.3 is 10.1 Å². The van der Waals surface area contributed by atoms with Crippen molar-refractivity contribution in [3.63, 3.8) is 0 Å². The number of thiocarbonyl (C=S) groups is 1. The summed E-state index contributed by atoms with van der Waals surface area (Å²) in [5, 5.41) is 14.0. The van der Waals surface area contributed by atoms with Gasteiger partial charge in [0, 0.05) is 12.6 Å². The molecular formula is C16H15F3N4O3S. The van der Waals surface area contributed by atoms with E-state index in [9.17, 15) is 23.3 Å². The molecular weight excluding hydrogens is 385 g/mol. The Balaban J connectivity index is 1.96. The molecule has 0 aliphatic heterocycles. The molecule has 0 bridgehead atoms. The summed E-state index contributed by atoms with van der Waals surface area (Å²) in [6, 6.07) is 9.35. The van der Waals surface area contributed by atoms with E-state index < -0.39 is 22.4 Å². The summed E-state index contributed by atoms with van der Waals surface area (Å²) in [5.74, 6) is 0.704. The minimum atomic E-state index is -4.67. The Labute approximate surface area is 157 Å². The molecule has 0 fully saturated rings. The van der Waals surface area contributed by atoms with Gasteiger partial charge >= 0.3 is 6.18 Å². The number of nitrogens with zero attached hydrogens (tertiary/aromatic N) is 1. The SMILES string of the molecule is COc1ccc(CNC(=S)NNc2ccc(C(F)(F)F)cc2[N+](=O)[O-])cc1. The first-order chi connectivity index (χ1) is 12.7. The summed E-state index contributed by atoms with van der Waals surface area (Å²) in [6.07, 6.45) is -4.67. The van der Waals surface area contributed by atoms with Crippen LogP contribution in [0, 0.1) is 10.1 Å². The normalized spacial score (nSPS) is 10.8. The second kappa shape index (κ2) is 8.54. The lowest BCUT2D eigenvalue weighted by molar-refractivity contribution is -0.384. The standard InChI is InChI=1S/C16H15F3N4O3S/c1-26-12-5-2-10(3-6-12)9-20-15(27)22-21-13-7-4-11(16(17,18)19)8-14(13)23(24)25/h2-8,21H,9H2,1H3,(H2,20,22,27). The first-order valence-electron chi connectivity index (χ1n) is 7.49. The summed E-state index contributed by atoms with van der Waals surface area (Å²) in [4.78, 5) is 10.1. The van der Waals surface area contributed by atoms with Gasteiger partial charge in [0.05, 0.1) is 17.6 Å². The number of methoxy groups -OCH3 is 1. The summed E-state index contributed by atoms with van der Waals surface area (Å²) >= 11 is 5.04. The van der Waals surface area contributed by atoms with Crippen molar-refractivity contribution in [1.29, 1.82) is 0 Å². The first-order valence-corrected chi connectivity index (χ1v) is 7.90. The van der Waals surface area contributed by atoms with Crippen molar-refractivity contribution >= 4 is 28.7 Å². The van der Waals surface area contributed by atoms with E-state index in [1.807, 2.05) is 12.1 Å². The van der Waals surface area contributed by atoms with Crippen LogP contribution in [0.3, 0.4) is 0 Å². The highest BCUT2D eigenvalue weighted by Crippen LogP contribution is 2.34. The Morgan fingerprint density at radius 2 is 1.89 bits per heavy atom. The van der Waals surface area contributed by atoms with E-state index in [0.717, 1.165) is 17.7 Å². The lowest BCUT2D eigenvalue weighted by atomic mass is 10.1. The van der Waals surface area contributed by atoms with Crippen molar-refractivity contribution in [3.8, 4) is 5.75 Å². The third-order valence-electron chi connectivity index (χ3n) is 3.44. The maximum Gasteiger partial charge on any atom is 0.416 e. The number of nitrogens with one attached hydrogen (secondary N) is 3. The maximum atomic E-state index is 12.7. The van der Waals surface area contributed by atoms with Gasteiger partial charge in [0.15, 0.2) is 5.11 Å². The molecule has 11 heteroatoms. The van der Waals surface area contributed by atoms with Gasteiger partial charge in [-0.2, -0.15) is 13.2 Å². The van der Waals surface area contributed by atoms with Crippen molar-refractivity contribution in [2.24, 2.45) is 0 Å². The number of halogens is 3. The maximum absolute atomic E-state index is 12.7. The van der Waals surface area contributed by atoms with Gasteiger partial charge in [-0.15, -0.1) is 0 Å². The Morgan fingerprint density at radius 3 is 2.44 bits per heavy atom. The molecule has 0 radical (unpaired) electrons. The van der Waals surface area contributed by atoms with E-state index in [4.69, 9.17) is 17.0 Å². The average Bonchev–Trinajstić information content (AvgIpc) is 2.64. The zero-order valence-electron chi connectivity index (χ0n) is 14.0. The molecule has 0 aliphatic rings. The fourth-order valence-corrected chi connectivity index (χ4v) is 2.18. The monoisotopic (exact) mass is 400 g/mol. The van der Waals surface area contributed by atoms with Crippen LogP contribution in [0.15, 0.2) is 42.5 Å². The molecule has 0 unspecified atom stereocenters. The van der Waals surface area contributed by atoms with E-state index in [2.05, 4.69) is 16.2 Å². The molecule has 2 rings (SSSR count). The Kier molecular flexibility index (Phi) is 6.40. The number of hydrogen-bond donors (Lipinski definition) is 3. The largest absolute Gasteiger partial charge is 0.497 e. The van der Waals surface area contributed by atoms with Gasteiger partial charge in [-0.05, 0) is 42.0 Å². The second-order valence-electron chi connectivity index (χ2n) is 5.27. The summed E-state index contributed by atoms with van der Waals surface area (Å²) in [7, 11) is 1.55. The number of hydrogen-bond acceptors (Lipinski definition) is 5. The van der Waals surface area contributed by atoms with E-state index in [1.54, 1.807) is 19.2 Å². The molecule has 27 heavy (non-hydrogen) atoms. The van der Waals surface area contributed by atoms with Crippen LogP contribution in [-0.2, 0) is 12.7 Å². The highest BCUT2D eigenvalue weighted by atomic mass is 32.1. The lowest BCUT2D eigenvalue weighted by Gasteiger charge is -2.14. The van der Waals surface area contributed by atoms with Gasteiger partial charge in [-0.1, -0.05) is 12.1 Å². The fourth-order valence-electron chi connectivity index (χ4n) is 2.06. The number of hydrazine groups is 1. The van der Waals surface area contributed by atoms with Crippen molar-refractivity contribution in [2.45, 2.75) is 12.7 Å². The van der Waals surface area contributed by atoms with Gasteiger partial charge in [0.25, 0.3) is 5.69 Å². The Bertz CT molecular complexity index is 829. The topological polar surface area (TPSA) is 88.5 Å². The zero-order chi connectivity index (χ0) is 20.0. The van der Waals surface area contributed by atoms with Crippen LogP contribution >= 0.6 is 12.2 Å². The summed E-state index contributed by atoms with van der Waals surface area (Å²) in [5.41, 5.74) is 3.86. The highest BCUT2D eigenvalue weighted by molar-refractivity contribution is 7.80. The minimum absolute atomic E-state index is 0.111. The van der Waals surface area contributed by atoms with Crippen LogP contribution in [0.1, 0.15) is 11.1 Å². The van der Waals surface area contributed by atoms with Crippen molar-refractivity contribution in [1.82, 2.24) is 10.7 Å². The number of ether oxygens (including phenoxy) is 1. The van der Waals surface area contributed by atoms with Crippen LogP contribution in [0.2, 0.25) is 0 Å². The number of anilines is 1. The molecule has 0 saturated heterocycles. The Morgan fingerprint density at radius 1 is 1.22 bits per heavy atom. The molecule has 2 aromatic carbocycles. The van der Waals surface area contributed by atoms with Crippen molar-refractivity contribution in [2.75, 3.05) is 12.5 Å². The van der Waals surface area contributed by atoms with Gasteiger partial charge in [-0.3, -0.25) is 21.0 Å². The molecule has 3 N–H and O–H groups in total. The van der Waals surface area contributed by atoms with Crippen LogP contribution in [-0.4, -0.2) is 17.1 Å². The van der Waals surface area contributed by atoms with Crippen LogP contribution in [0.5, 0.6) is 5.75 Å². The van der Waals surface area contributed by atoms with Crippen molar-refractivity contribution in [3.05, 3.63) is 63.7 Å². The molecule has 2 aromatic rings. The number of alkyl halides is 3. The molecule has 0 aliphatic carbocycles. The van der Waals surface area contributed by atoms with Gasteiger partial charge in [-0.25, -0.2) is 0 Å². The van der Waals surface area contributed by atoms with E-state index in [-0.39, 0.29) is 10.8 Å².